The molecule has 0 saturated heterocycles. The van der Waals surface area contributed by atoms with Crippen molar-refractivity contribution in [2.45, 2.75) is 45.1 Å². The fourth-order valence-corrected chi connectivity index (χ4v) is 2.65. The smallest absolute Gasteiger partial charge is 0.0935 e. The minimum Gasteiger partial charge on any atom is -0.472 e. The molecule has 1 aromatic heterocycles. The normalized spacial score (nSPS) is 28.9. The Labute approximate surface area is 91.3 Å². The van der Waals surface area contributed by atoms with Gasteiger partial charge in [-0.05, 0) is 36.3 Å². The number of aliphatic hydroxyl groups is 1. The van der Waals surface area contributed by atoms with Crippen molar-refractivity contribution in [1.82, 2.24) is 0 Å². The lowest BCUT2D eigenvalue weighted by molar-refractivity contribution is 0.0719. The summed E-state index contributed by atoms with van der Waals surface area (Å²) in [5, 5.41) is 10.1. The molecule has 2 heteroatoms. The molecule has 2 nitrogen and oxygen atoms in total. The second-order valence-electron chi connectivity index (χ2n) is 4.93. The molecule has 15 heavy (non-hydrogen) atoms. The maximum Gasteiger partial charge on any atom is 0.0935 e. The third-order valence-electron chi connectivity index (χ3n) is 3.55. The van der Waals surface area contributed by atoms with Crippen LogP contribution >= 0.6 is 0 Å². The van der Waals surface area contributed by atoms with Gasteiger partial charge in [0.1, 0.15) is 0 Å². The molecule has 0 amide bonds. The Hall–Kier alpha value is -0.760. The van der Waals surface area contributed by atoms with Gasteiger partial charge in [-0.25, -0.2) is 0 Å². The average Bonchev–Trinajstić information content (AvgIpc) is 2.70. The van der Waals surface area contributed by atoms with E-state index in [1.54, 1.807) is 12.5 Å². The molecular weight excluding hydrogens is 188 g/mol. The van der Waals surface area contributed by atoms with E-state index in [-0.39, 0.29) is 6.10 Å². The molecule has 1 fully saturated rings. The summed E-state index contributed by atoms with van der Waals surface area (Å²) in [6.45, 7) is 2.29. The minimum atomic E-state index is -0.189. The van der Waals surface area contributed by atoms with Gasteiger partial charge in [-0.1, -0.05) is 19.8 Å². The minimum absolute atomic E-state index is 0.189. The van der Waals surface area contributed by atoms with Crippen LogP contribution in [0.2, 0.25) is 0 Å². The molecule has 3 atom stereocenters. The van der Waals surface area contributed by atoms with E-state index in [4.69, 9.17) is 4.42 Å². The summed E-state index contributed by atoms with van der Waals surface area (Å²) < 4.78 is 5.01. The zero-order chi connectivity index (χ0) is 10.7. The van der Waals surface area contributed by atoms with Crippen LogP contribution in [0.4, 0.5) is 0 Å². The van der Waals surface area contributed by atoms with Crippen LogP contribution in [0, 0.1) is 11.8 Å². The number of hydrogen-bond donors (Lipinski definition) is 1. The van der Waals surface area contributed by atoms with Gasteiger partial charge in [0, 0.05) is 6.42 Å². The molecular formula is C13H20O2. The monoisotopic (exact) mass is 208 g/mol. The third kappa shape index (κ3) is 2.85. The summed E-state index contributed by atoms with van der Waals surface area (Å²) in [7, 11) is 0. The summed E-state index contributed by atoms with van der Waals surface area (Å²) in [6.07, 6.45) is 8.92. The number of aliphatic hydroxyl groups excluding tert-OH is 1. The Morgan fingerprint density at radius 3 is 3.07 bits per heavy atom. The predicted molar refractivity (Wildman–Crippen MR) is 59.5 cm³/mol. The maximum absolute atomic E-state index is 10.1. The highest BCUT2D eigenvalue weighted by atomic mass is 16.3. The van der Waals surface area contributed by atoms with Crippen molar-refractivity contribution in [3.05, 3.63) is 24.2 Å². The van der Waals surface area contributed by atoms with Crippen LogP contribution in [0.25, 0.3) is 0 Å². The summed E-state index contributed by atoms with van der Waals surface area (Å²) in [5.41, 5.74) is 1.11. The van der Waals surface area contributed by atoms with E-state index < -0.39 is 0 Å². The average molecular weight is 208 g/mol. The van der Waals surface area contributed by atoms with Crippen molar-refractivity contribution in [2.75, 3.05) is 0 Å². The van der Waals surface area contributed by atoms with E-state index in [2.05, 4.69) is 6.92 Å². The van der Waals surface area contributed by atoms with Crippen molar-refractivity contribution in [3.63, 3.8) is 0 Å². The molecule has 0 spiro atoms. The van der Waals surface area contributed by atoms with Gasteiger partial charge in [-0.3, -0.25) is 0 Å². The molecule has 0 aliphatic heterocycles. The first-order chi connectivity index (χ1) is 7.25. The Balaban J connectivity index is 1.87. The second kappa shape index (κ2) is 4.84. The van der Waals surface area contributed by atoms with Gasteiger partial charge in [-0.15, -0.1) is 0 Å². The second-order valence-corrected chi connectivity index (χ2v) is 4.93. The molecule has 0 aromatic carbocycles. The van der Waals surface area contributed by atoms with Crippen molar-refractivity contribution in [1.29, 1.82) is 0 Å². The van der Waals surface area contributed by atoms with E-state index in [0.717, 1.165) is 17.9 Å². The predicted octanol–water partition coefficient (Wildman–Crippen LogP) is 3.01. The molecule has 0 radical (unpaired) electrons. The van der Waals surface area contributed by atoms with Gasteiger partial charge < -0.3 is 9.52 Å². The van der Waals surface area contributed by atoms with Crippen LogP contribution in [0.5, 0.6) is 0 Å². The molecule has 1 aromatic rings. The number of hydrogen-bond acceptors (Lipinski definition) is 2. The van der Waals surface area contributed by atoms with E-state index >= 15 is 0 Å². The number of rotatable bonds is 3. The molecule has 2 rings (SSSR count). The van der Waals surface area contributed by atoms with E-state index in [1.807, 2.05) is 6.07 Å². The Morgan fingerprint density at radius 1 is 1.53 bits per heavy atom. The highest BCUT2D eigenvalue weighted by Crippen LogP contribution is 2.31. The van der Waals surface area contributed by atoms with Gasteiger partial charge >= 0.3 is 0 Å². The Bertz CT molecular complexity index is 279. The molecule has 0 bridgehead atoms. The summed E-state index contributed by atoms with van der Waals surface area (Å²) in [6, 6.07) is 1.94. The van der Waals surface area contributed by atoms with Crippen LogP contribution in [-0.2, 0) is 6.42 Å². The molecule has 1 heterocycles. The van der Waals surface area contributed by atoms with Crippen LogP contribution in [0.3, 0.4) is 0 Å². The largest absolute Gasteiger partial charge is 0.472 e. The van der Waals surface area contributed by atoms with E-state index in [1.165, 1.54) is 25.7 Å². The lowest BCUT2D eigenvalue weighted by atomic mass is 9.78. The van der Waals surface area contributed by atoms with Crippen LogP contribution in [0.15, 0.2) is 23.0 Å². The van der Waals surface area contributed by atoms with Crippen LogP contribution < -0.4 is 0 Å². The summed E-state index contributed by atoms with van der Waals surface area (Å²) in [5.74, 6) is 1.27. The quantitative estimate of drug-likeness (QED) is 0.828. The van der Waals surface area contributed by atoms with Gasteiger partial charge in [0.05, 0.1) is 18.6 Å². The van der Waals surface area contributed by atoms with Crippen LogP contribution in [-0.4, -0.2) is 11.2 Å². The maximum atomic E-state index is 10.1. The lowest BCUT2D eigenvalue weighted by Crippen LogP contribution is -2.27. The third-order valence-corrected chi connectivity index (χ3v) is 3.55. The SMILES string of the molecule is CC1CCCC(C(O)Cc2ccoc2)C1. The summed E-state index contributed by atoms with van der Waals surface area (Å²) in [4.78, 5) is 0. The van der Waals surface area contributed by atoms with Crippen molar-refractivity contribution in [2.24, 2.45) is 11.8 Å². The molecule has 1 N–H and O–H groups in total. The molecule has 1 aliphatic carbocycles. The van der Waals surface area contributed by atoms with Crippen LogP contribution in [0.1, 0.15) is 38.2 Å². The summed E-state index contributed by atoms with van der Waals surface area (Å²) >= 11 is 0. The molecule has 1 saturated carbocycles. The zero-order valence-corrected chi connectivity index (χ0v) is 9.36. The fraction of sp³-hybridized carbons (Fsp3) is 0.692. The first-order valence-electron chi connectivity index (χ1n) is 5.95. The fourth-order valence-electron chi connectivity index (χ4n) is 2.65. The zero-order valence-electron chi connectivity index (χ0n) is 9.36. The first kappa shape index (κ1) is 10.7. The topological polar surface area (TPSA) is 33.4 Å². The molecule has 1 aliphatic rings. The Kier molecular flexibility index (Phi) is 3.47. The highest BCUT2D eigenvalue weighted by Gasteiger charge is 2.25. The van der Waals surface area contributed by atoms with Gasteiger partial charge in [0.2, 0.25) is 0 Å². The van der Waals surface area contributed by atoms with E-state index in [9.17, 15) is 5.11 Å². The van der Waals surface area contributed by atoms with Gasteiger partial charge in [0.15, 0.2) is 0 Å². The van der Waals surface area contributed by atoms with Crippen molar-refractivity contribution < 1.29 is 9.52 Å². The number of furan rings is 1. The van der Waals surface area contributed by atoms with Crippen molar-refractivity contribution >= 4 is 0 Å². The lowest BCUT2D eigenvalue weighted by Gasteiger charge is -2.30. The highest BCUT2D eigenvalue weighted by molar-refractivity contribution is 5.07. The van der Waals surface area contributed by atoms with E-state index in [0.29, 0.717) is 5.92 Å². The van der Waals surface area contributed by atoms with Crippen molar-refractivity contribution in [3.8, 4) is 0 Å². The standard InChI is InChI=1S/C13H20O2/c1-10-3-2-4-12(7-10)13(14)8-11-5-6-15-9-11/h5-6,9-10,12-14H,2-4,7-8H2,1H3. The first-order valence-corrected chi connectivity index (χ1v) is 5.95. The molecule has 3 unspecified atom stereocenters. The molecule has 84 valence electrons. The van der Waals surface area contributed by atoms with Gasteiger partial charge in [-0.2, -0.15) is 0 Å². The Morgan fingerprint density at radius 2 is 2.40 bits per heavy atom. The van der Waals surface area contributed by atoms with Gasteiger partial charge in [0.25, 0.3) is 0 Å².